The number of fused-ring (bicyclic) bond motifs is 1. The van der Waals surface area contributed by atoms with Crippen LogP contribution < -0.4 is 10.6 Å². The van der Waals surface area contributed by atoms with Gasteiger partial charge in [-0.3, -0.25) is 9.69 Å². The van der Waals surface area contributed by atoms with Crippen LogP contribution in [0.2, 0.25) is 0 Å². The number of thiophene rings is 1. The lowest BCUT2D eigenvalue weighted by atomic mass is 9.93. The van der Waals surface area contributed by atoms with E-state index in [0.29, 0.717) is 13.1 Å². The SMILES string of the molecule is Cc1c(CO)cccc1C(C(N)=O)N1CC(C)N(c2ncnc3sccc23)C(C)C1. The van der Waals surface area contributed by atoms with Gasteiger partial charge in [-0.2, -0.15) is 0 Å². The normalized spacial score (nSPS) is 21.1. The van der Waals surface area contributed by atoms with Crippen molar-refractivity contribution in [1.29, 1.82) is 0 Å². The standard InChI is InChI=1S/C22H27N5O2S/c1-13-9-26(19(20(23)29)17-6-4-5-16(11-28)15(17)3)10-14(2)27(13)21-18-7-8-30-22(18)25-12-24-21/h4-8,12-14,19,28H,9-11H2,1-3H3,(H2,23,29). The molecule has 3 unspecified atom stereocenters. The molecule has 7 nitrogen and oxygen atoms in total. The fourth-order valence-corrected chi connectivity index (χ4v) is 5.40. The summed E-state index contributed by atoms with van der Waals surface area (Å²) >= 11 is 1.61. The van der Waals surface area contributed by atoms with Crippen LogP contribution in [0.25, 0.3) is 10.2 Å². The van der Waals surface area contributed by atoms with E-state index in [1.165, 1.54) is 0 Å². The lowest BCUT2D eigenvalue weighted by Crippen LogP contribution is -2.59. The molecule has 3 aromatic rings. The van der Waals surface area contributed by atoms with E-state index in [1.54, 1.807) is 17.7 Å². The van der Waals surface area contributed by atoms with Gasteiger partial charge in [-0.05, 0) is 48.9 Å². The van der Waals surface area contributed by atoms with Crippen LogP contribution in [0.3, 0.4) is 0 Å². The number of carbonyl (C=O) groups is 1. The van der Waals surface area contributed by atoms with Gasteiger partial charge < -0.3 is 15.7 Å². The molecule has 1 fully saturated rings. The average molecular weight is 426 g/mol. The monoisotopic (exact) mass is 425 g/mol. The smallest absolute Gasteiger partial charge is 0.239 e. The molecule has 0 aliphatic carbocycles. The number of rotatable bonds is 5. The summed E-state index contributed by atoms with van der Waals surface area (Å²) in [6, 6.07) is 7.49. The van der Waals surface area contributed by atoms with E-state index in [1.807, 2.05) is 30.5 Å². The molecule has 158 valence electrons. The van der Waals surface area contributed by atoms with Crippen molar-refractivity contribution in [3.8, 4) is 0 Å². The zero-order valence-corrected chi connectivity index (χ0v) is 18.3. The van der Waals surface area contributed by atoms with Crippen molar-refractivity contribution in [1.82, 2.24) is 14.9 Å². The highest BCUT2D eigenvalue weighted by Gasteiger charge is 2.37. The molecule has 4 rings (SSSR count). The number of primary amides is 1. The second kappa shape index (κ2) is 8.29. The Morgan fingerprint density at radius 3 is 2.67 bits per heavy atom. The number of amides is 1. The molecule has 0 saturated carbocycles. The maximum absolute atomic E-state index is 12.5. The summed E-state index contributed by atoms with van der Waals surface area (Å²) in [5, 5.41) is 12.7. The fraction of sp³-hybridized carbons (Fsp3) is 0.409. The molecule has 30 heavy (non-hydrogen) atoms. The highest BCUT2D eigenvalue weighted by atomic mass is 32.1. The Morgan fingerprint density at radius 1 is 1.27 bits per heavy atom. The summed E-state index contributed by atoms with van der Waals surface area (Å²) in [6.07, 6.45) is 1.62. The maximum Gasteiger partial charge on any atom is 0.239 e. The molecule has 3 N–H and O–H groups in total. The molecule has 0 spiro atoms. The van der Waals surface area contributed by atoms with Crippen LogP contribution in [0.4, 0.5) is 5.82 Å². The minimum absolute atomic E-state index is 0.0594. The molecule has 1 aliphatic rings. The second-order valence-electron chi connectivity index (χ2n) is 7.99. The zero-order valence-electron chi connectivity index (χ0n) is 17.4. The largest absolute Gasteiger partial charge is 0.392 e. The van der Waals surface area contributed by atoms with Crippen LogP contribution in [0.1, 0.15) is 36.6 Å². The Balaban J connectivity index is 1.66. The topological polar surface area (TPSA) is 95.6 Å². The van der Waals surface area contributed by atoms with Gasteiger partial charge >= 0.3 is 0 Å². The van der Waals surface area contributed by atoms with Gasteiger partial charge in [0.2, 0.25) is 5.91 Å². The molecule has 1 saturated heterocycles. The van der Waals surface area contributed by atoms with E-state index in [2.05, 4.69) is 39.7 Å². The lowest BCUT2D eigenvalue weighted by molar-refractivity contribution is -0.124. The number of aliphatic hydroxyl groups is 1. The minimum atomic E-state index is -0.532. The van der Waals surface area contributed by atoms with Crippen LogP contribution in [0.15, 0.2) is 36.0 Å². The predicted octanol–water partition coefficient (Wildman–Crippen LogP) is 2.62. The maximum atomic E-state index is 12.5. The van der Waals surface area contributed by atoms with Crippen LogP contribution in [-0.4, -0.2) is 51.1 Å². The number of anilines is 1. The number of aromatic nitrogens is 2. The molecule has 2 aromatic heterocycles. The summed E-state index contributed by atoms with van der Waals surface area (Å²) in [4.78, 5) is 27.0. The van der Waals surface area contributed by atoms with Gasteiger partial charge in [0.15, 0.2) is 0 Å². The number of nitrogens with zero attached hydrogens (tertiary/aromatic N) is 4. The van der Waals surface area contributed by atoms with E-state index in [-0.39, 0.29) is 24.6 Å². The van der Waals surface area contributed by atoms with E-state index < -0.39 is 6.04 Å². The molecule has 0 radical (unpaired) electrons. The summed E-state index contributed by atoms with van der Waals surface area (Å²) in [5.74, 6) is 0.568. The van der Waals surface area contributed by atoms with Crippen LogP contribution in [0.5, 0.6) is 0 Å². The first-order valence-electron chi connectivity index (χ1n) is 10.1. The highest BCUT2D eigenvalue weighted by molar-refractivity contribution is 7.16. The quantitative estimate of drug-likeness (QED) is 0.652. The number of hydrogen-bond donors (Lipinski definition) is 2. The second-order valence-corrected chi connectivity index (χ2v) is 8.88. The Labute approximate surface area is 180 Å². The van der Waals surface area contributed by atoms with Gasteiger partial charge in [-0.15, -0.1) is 11.3 Å². The fourth-order valence-electron chi connectivity index (χ4n) is 4.68. The van der Waals surface area contributed by atoms with E-state index >= 15 is 0 Å². The third-order valence-corrected chi connectivity index (χ3v) is 6.84. The molecule has 3 atom stereocenters. The first-order valence-corrected chi connectivity index (χ1v) is 11.0. The summed E-state index contributed by atoms with van der Waals surface area (Å²) < 4.78 is 0. The Morgan fingerprint density at radius 2 is 2.00 bits per heavy atom. The zero-order chi connectivity index (χ0) is 21.4. The number of benzene rings is 1. The molecule has 1 aromatic carbocycles. The van der Waals surface area contributed by atoms with E-state index in [4.69, 9.17) is 5.73 Å². The van der Waals surface area contributed by atoms with Crippen molar-refractivity contribution >= 4 is 33.3 Å². The van der Waals surface area contributed by atoms with Gasteiger partial charge in [0, 0.05) is 25.2 Å². The van der Waals surface area contributed by atoms with Crippen LogP contribution in [-0.2, 0) is 11.4 Å². The molecule has 8 heteroatoms. The number of hydrogen-bond acceptors (Lipinski definition) is 7. The van der Waals surface area contributed by atoms with Gasteiger partial charge in [0.05, 0.1) is 12.0 Å². The highest BCUT2D eigenvalue weighted by Crippen LogP contribution is 2.34. The van der Waals surface area contributed by atoms with Crippen LogP contribution in [0, 0.1) is 6.92 Å². The Kier molecular flexibility index (Phi) is 5.73. The van der Waals surface area contributed by atoms with Crippen LogP contribution >= 0.6 is 11.3 Å². The minimum Gasteiger partial charge on any atom is -0.392 e. The summed E-state index contributed by atoms with van der Waals surface area (Å²) in [7, 11) is 0. The van der Waals surface area contributed by atoms with Gasteiger partial charge in [-0.1, -0.05) is 18.2 Å². The molecular weight excluding hydrogens is 398 g/mol. The molecular formula is C22H27N5O2S. The first kappa shape index (κ1) is 20.7. The summed E-state index contributed by atoms with van der Waals surface area (Å²) in [6.45, 7) is 7.53. The van der Waals surface area contributed by atoms with Crippen molar-refractivity contribution in [3.63, 3.8) is 0 Å². The number of nitrogens with two attached hydrogens (primary N) is 1. The summed E-state index contributed by atoms with van der Waals surface area (Å²) in [5.41, 5.74) is 8.48. The van der Waals surface area contributed by atoms with Crippen molar-refractivity contribution in [3.05, 3.63) is 52.7 Å². The van der Waals surface area contributed by atoms with Crippen molar-refractivity contribution in [2.45, 2.75) is 45.5 Å². The number of aliphatic hydroxyl groups excluding tert-OH is 1. The molecule has 1 amide bonds. The van der Waals surface area contributed by atoms with E-state index in [0.717, 1.165) is 32.7 Å². The van der Waals surface area contributed by atoms with Crippen molar-refractivity contribution in [2.24, 2.45) is 5.73 Å². The first-order chi connectivity index (χ1) is 14.4. The average Bonchev–Trinajstić information content (AvgIpc) is 3.18. The van der Waals surface area contributed by atoms with Gasteiger partial charge in [0.25, 0.3) is 0 Å². The third-order valence-electron chi connectivity index (χ3n) is 6.02. The molecule has 3 heterocycles. The predicted molar refractivity (Wildman–Crippen MR) is 119 cm³/mol. The Bertz CT molecular complexity index is 1060. The van der Waals surface area contributed by atoms with Crippen molar-refractivity contribution in [2.75, 3.05) is 18.0 Å². The number of carbonyl (C=O) groups excluding carboxylic acids is 1. The number of piperazine rings is 1. The third kappa shape index (κ3) is 3.55. The lowest BCUT2D eigenvalue weighted by Gasteiger charge is -2.47. The Hall–Kier alpha value is -2.55. The van der Waals surface area contributed by atoms with Gasteiger partial charge in [-0.25, -0.2) is 9.97 Å². The molecule has 1 aliphatic heterocycles. The van der Waals surface area contributed by atoms with Gasteiger partial charge in [0.1, 0.15) is 23.0 Å². The van der Waals surface area contributed by atoms with E-state index in [9.17, 15) is 9.90 Å². The van der Waals surface area contributed by atoms with Crippen molar-refractivity contribution < 1.29 is 9.90 Å². The molecule has 0 bridgehead atoms.